The van der Waals surface area contributed by atoms with Crippen molar-refractivity contribution in [3.05, 3.63) is 57.6 Å². The number of nitrogens with zero attached hydrogens (tertiary/aromatic N) is 1. The smallest absolute Gasteiger partial charge is 0.338 e. The van der Waals surface area contributed by atoms with E-state index < -0.39 is 23.4 Å². The van der Waals surface area contributed by atoms with Gasteiger partial charge < -0.3 is 19.5 Å². The van der Waals surface area contributed by atoms with E-state index in [1.54, 1.807) is 19.1 Å². The molecule has 0 aliphatic carbocycles. The van der Waals surface area contributed by atoms with Crippen LogP contribution in [0.25, 0.3) is 0 Å². The Morgan fingerprint density at radius 3 is 2.54 bits per heavy atom. The summed E-state index contributed by atoms with van der Waals surface area (Å²) in [6, 6.07) is 8.88. The highest BCUT2D eigenvalue weighted by Crippen LogP contribution is 2.28. The van der Waals surface area contributed by atoms with Crippen LogP contribution in [0.2, 0.25) is 0 Å². The van der Waals surface area contributed by atoms with Gasteiger partial charge in [0.1, 0.15) is 5.69 Å². The number of benzene rings is 2. The number of ether oxygens (including phenoxy) is 3. The number of anilines is 1. The molecule has 0 aromatic heterocycles. The third-order valence-corrected chi connectivity index (χ3v) is 3.66. The van der Waals surface area contributed by atoms with Crippen molar-refractivity contribution < 1.29 is 28.7 Å². The second kappa shape index (κ2) is 9.36. The maximum Gasteiger partial charge on any atom is 0.338 e. The van der Waals surface area contributed by atoms with Gasteiger partial charge in [-0.3, -0.25) is 14.9 Å². The average Bonchev–Trinajstić information content (AvgIpc) is 2.67. The predicted molar refractivity (Wildman–Crippen MR) is 101 cm³/mol. The summed E-state index contributed by atoms with van der Waals surface area (Å²) in [6.07, 6.45) is 0. The first-order valence-corrected chi connectivity index (χ1v) is 8.38. The van der Waals surface area contributed by atoms with E-state index in [2.05, 4.69) is 5.32 Å². The van der Waals surface area contributed by atoms with Gasteiger partial charge in [0, 0.05) is 6.07 Å². The van der Waals surface area contributed by atoms with Crippen LogP contribution in [0.5, 0.6) is 11.5 Å². The van der Waals surface area contributed by atoms with Crippen LogP contribution in [-0.4, -0.2) is 37.1 Å². The van der Waals surface area contributed by atoms with E-state index in [4.69, 9.17) is 14.2 Å². The SMILES string of the molecule is CCOc1ccc(C(=O)OCC(=O)Nc2ccc(C)cc2[N+](=O)[O-])cc1OC. The normalized spacial score (nSPS) is 10.1. The van der Waals surface area contributed by atoms with Crippen molar-refractivity contribution in [3.63, 3.8) is 0 Å². The molecule has 0 atom stereocenters. The van der Waals surface area contributed by atoms with E-state index >= 15 is 0 Å². The molecule has 28 heavy (non-hydrogen) atoms. The fourth-order valence-corrected chi connectivity index (χ4v) is 2.37. The van der Waals surface area contributed by atoms with Crippen molar-refractivity contribution in [2.45, 2.75) is 13.8 Å². The van der Waals surface area contributed by atoms with E-state index in [0.29, 0.717) is 23.7 Å². The van der Waals surface area contributed by atoms with Gasteiger partial charge >= 0.3 is 5.97 Å². The third-order valence-electron chi connectivity index (χ3n) is 3.66. The van der Waals surface area contributed by atoms with Crippen molar-refractivity contribution in [3.8, 4) is 11.5 Å². The molecule has 0 aliphatic rings. The highest BCUT2D eigenvalue weighted by molar-refractivity contribution is 5.97. The lowest BCUT2D eigenvalue weighted by atomic mass is 10.2. The van der Waals surface area contributed by atoms with Crippen LogP contribution in [0.4, 0.5) is 11.4 Å². The molecule has 9 nitrogen and oxygen atoms in total. The quantitative estimate of drug-likeness (QED) is 0.419. The number of aryl methyl sites for hydroxylation is 1. The lowest BCUT2D eigenvalue weighted by Crippen LogP contribution is -2.21. The lowest BCUT2D eigenvalue weighted by Gasteiger charge is -2.11. The average molecular weight is 388 g/mol. The second-order valence-electron chi connectivity index (χ2n) is 5.70. The number of carbonyl (C=O) groups excluding carboxylic acids is 2. The van der Waals surface area contributed by atoms with Crippen LogP contribution in [0, 0.1) is 17.0 Å². The molecular formula is C19H20N2O7. The number of methoxy groups -OCH3 is 1. The van der Waals surface area contributed by atoms with Crippen molar-refractivity contribution in [1.29, 1.82) is 0 Å². The zero-order valence-corrected chi connectivity index (χ0v) is 15.7. The van der Waals surface area contributed by atoms with Gasteiger partial charge in [-0.2, -0.15) is 0 Å². The fraction of sp³-hybridized carbons (Fsp3) is 0.263. The molecule has 2 aromatic carbocycles. The maximum absolute atomic E-state index is 12.2. The van der Waals surface area contributed by atoms with Crippen LogP contribution in [0.15, 0.2) is 36.4 Å². The number of carbonyl (C=O) groups is 2. The van der Waals surface area contributed by atoms with Crippen molar-refractivity contribution in [1.82, 2.24) is 0 Å². The van der Waals surface area contributed by atoms with E-state index in [0.717, 1.165) is 0 Å². The van der Waals surface area contributed by atoms with E-state index in [1.165, 1.54) is 31.4 Å². The van der Waals surface area contributed by atoms with Crippen LogP contribution in [-0.2, 0) is 9.53 Å². The van der Waals surface area contributed by atoms with Crippen LogP contribution < -0.4 is 14.8 Å². The number of hydrogen-bond acceptors (Lipinski definition) is 7. The Labute approximate surface area is 161 Å². The standard InChI is InChI=1S/C19H20N2O7/c1-4-27-16-8-6-13(10-17(16)26-3)19(23)28-11-18(22)20-14-7-5-12(2)9-15(14)21(24)25/h5-10H,4,11H2,1-3H3,(H,20,22). The molecule has 2 aromatic rings. The van der Waals surface area contributed by atoms with E-state index in [1.807, 2.05) is 6.92 Å². The Bertz CT molecular complexity index is 896. The van der Waals surface area contributed by atoms with Crippen LogP contribution in [0.1, 0.15) is 22.8 Å². The zero-order chi connectivity index (χ0) is 20.7. The van der Waals surface area contributed by atoms with Crippen molar-refractivity contribution >= 4 is 23.3 Å². The molecule has 148 valence electrons. The van der Waals surface area contributed by atoms with Gasteiger partial charge in [0.05, 0.1) is 24.2 Å². The molecular weight excluding hydrogens is 368 g/mol. The molecule has 2 rings (SSSR count). The topological polar surface area (TPSA) is 117 Å². The van der Waals surface area contributed by atoms with Gasteiger partial charge in [-0.1, -0.05) is 6.07 Å². The molecule has 1 N–H and O–H groups in total. The molecule has 0 heterocycles. The van der Waals surface area contributed by atoms with Crippen molar-refractivity contribution in [2.24, 2.45) is 0 Å². The Balaban J connectivity index is 2.01. The molecule has 0 radical (unpaired) electrons. The number of esters is 1. The number of hydrogen-bond donors (Lipinski definition) is 1. The molecule has 0 aliphatic heterocycles. The second-order valence-corrected chi connectivity index (χ2v) is 5.70. The van der Waals surface area contributed by atoms with Gasteiger partial charge in [-0.25, -0.2) is 4.79 Å². The summed E-state index contributed by atoms with van der Waals surface area (Å²) < 4.78 is 15.5. The number of rotatable bonds is 8. The fourth-order valence-electron chi connectivity index (χ4n) is 2.37. The lowest BCUT2D eigenvalue weighted by molar-refractivity contribution is -0.384. The summed E-state index contributed by atoms with van der Waals surface area (Å²) in [7, 11) is 1.44. The van der Waals surface area contributed by atoms with Gasteiger partial charge in [-0.15, -0.1) is 0 Å². The van der Waals surface area contributed by atoms with Crippen LogP contribution >= 0.6 is 0 Å². The molecule has 0 bridgehead atoms. The summed E-state index contributed by atoms with van der Waals surface area (Å²) in [5.74, 6) is -0.602. The highest BCUT2D eigenvalue weighted by Gasteiger charge is 2.18. The van der Waals surface area contributed by atoms with Gasteiger partial charge in [0.2, 0.25) is 0 Å². The summed E-state index contributed by atoms with van der Waals surface area (Å²) in [6.45, 7) is 3.36. The minimum atomic E-state index is -0.741. The number of nitrogens with one attached hydrogen (secondary N) is 1. The molecule has 0 saturated heterocycles. The Hall–Kier alpha value is -3.62. The number of amides is 1. The molecule has 1 amide bonds. The number of nitro groups is 1. The summed E-state index contributed by atoms with van der Waals surface area (Å²) in [4.78, 5) is 34.7. The summed E-state index contributed by atoms with van der Waals surface area (Å²) in [5.41, 5.74) is 0.644. The largest absolute Gasteiger partial charge is 0.493 e. The summed E-state index contributed by atoms with van der Waals surface area (Å²) >= 11 is 0. The minimum Gasteiger partial charge on any atom is -0.493 e. The highest BCUT2D eigenvalue weighted by atomic mass is 16.6. The maximum atomic E-state index is 12.2. The molecule has 0 saturated carbocycles. The molecule has 9 heteroatoms. The number of nitro benzene ring substituents is 1. The van der Waals surface area contributed by atoms with E-state index in [9.17, 15) is 19.7 Å². The Kier molecular flexibility index (Phi) is 6.91. The van der Waals surface area contributed by atoms with Gasteiger partial charge in [0.25, 0.3) is 11.6 Å². The third kappa shape index (κ3) is 5.19. The first-order chi connectivity index (χ1) is 13.3. The summed E-state index contributed by atoms with van der Waals surface area (Å²) in [5, 5.41) is 13.5. The predicted octanol–water partition coefficient (Wildman–Crippen LogP) is 3.11. The first kappa shape index (κ1) is 20.7. The first-order valence-electron chi connectivity index (χ1n) is 8.38. The van der Waals surface area contributed by atoms with Crippen LogP contribution in [0.3, 0.4) is 0 Å². The Morgan fingerprint density at radius 2 is 1.89 bits per heavy atom. The monoisotopic (exact) mass is 388 g/mol. The van der Waals surface area contributed by atoms with Crippen molar-refractivity contribution in [2.75, 3.05) is 25.6 Å². The molecule has 0 unspecified atom stereocenters. The van der Waals surface area contributed by atoms with E-state index in [-0.39, 0.29) is 16.9 Å². The van der Waals surface area contributed by atoms with Gasteiger partial charge in [-0.05, 0) is 43.7 Å². The Morgan fingerprint density at radius 1 is 1.14 bits per heavy atom. The zero-order valence-electron chi connectivity index (χ0n) is 15.7. The molecule has 0 spiro atoms. The minimum absolute atomic E-state index is 0.0272. The van der Waals surface area contributed by atoms with Gasteiger partial charge in [0.15, 0.2) is 18.1 Å². The molecule has 0 fully saturated rings.